The molecule has 1 saturated carbocycles. The van der Waals surface area contributed by atoms with Crippen LogP contribution in [0.2, 0.25) is 0 Å². The molecule has 6 nitrogen and oxygen atoms in total. The third-order valence-corrected chi connectivity index (χ3v) is 6.54. The van der Waals surface area contributed by atoms with Gasteiger partial charge in [0.05, 0.1) is 0 Å². The average molecular weight is 298 g/mol. The second-order valence-corrected chi connectivity index (χ2v) is 7.78. The molecular formula is C13H22N4O2S. The van der Waals surface area contributed by atoms with Gasteiger partial charge in [-0.3, -0.25) is 4.68 Å². The molecule has 1 aromatic rings. The molecule has 112 valence electrons. The summed E-state index contributed by atoms with van der Waals surface area (Å²) in [6.45, 7) is 0.609. The van der Waals surface area contributed by atoms with Gasteiger partial charge in [-0.05, 0) is 31.6 Å². The molecule has 2 atom stereocenters. The van der Waals surface area contributed by atoms with Gasteiger partial charge in [0, 0.05) is 25.8 Å². The van der Waals surface area contributed by atoms with Gasteiger partial charge in [0.15, 0.2) is 5.82 Å². The Kier molecular flexibility index (Phi) is 3.50. The lowest BCUT2D eigenvalue weighted by Crippen LogP contribution is -2.49. The van der Waals surface area contributed by atoms with E-state index in [4.69, 9.17) is 5.73 Å². The van der Waals surface area contributed by atoms with Crippen LogP contribution in [-0.2, 0) is 17.1 Å². The Morgan fingerprint density at radius 1 is 1.25 bits per heavy atom. The van der Waals surface area contributed by atoms with Crippen LogP contribution >= 0.6 is 0 Å². The van der Waals surface area contributed by atoms with E-state index in [1.807, 2.05) is 0 Å². The van der Waals surface area contributed by atoms with Gasteiger partial charge in [0.1, 0.15) is 4.90 Å². The van der Waals surface area contributed by atoms with Crippen molar-refractivity contribution in [3.05, 3.63) is 6.20 Å². The number of nitrogen functional groups attached to an aromatic ring is 1. The Hall–Kier alpha value is -1.08. The summed E-state index contributed by atoms with van der Waals surface area (Å²) in [6.07, 6.45) is 8.08. The van der Waals surface area contributed by atoms with Crippen LogP contribution in [0.5, 0.6) is 0 Å². The standard InChI is InChI=1S/C13H22N4O2S/c1-16-9-12(13(14)15-16)20(18,19)17-8-4-6-10-5-2-3-7-11(10)17/h9-11H,2-8H2,1H3,(H2,14,15)/t10-,11-/m1/s1. The van der Waals surface area contributed by atoms with Crippen molar-refractivity contribution >= 4 is 15.8 Å². The minimum atomic E-state index is -3.52. The molecule has 2 heterocycles. The Morgan fingerprint density at radius 2 is 1.95 bits per heavy atom. The van der Waals surface area contributed by atoms with Crippen LogP contribution in [0.1, 0.15) is 38.5 Å². The lowest BCUT2D eigenvalue weighted by Gasteiger charge is -2.42. The summed E-state index contributed by atoms with van der Waals surface area (Å²) in [5, 5.41) is 3.96. The number of hydrogen-bond donors (Lipinski definition) is 1. The predicted molar refractivity (Wildman–Crippen MR) is 76.5 cm³/mol. The molecule has 0 spiro atoms. The Balaban J connectivity index is 1.95. The molecular weight excluding hydrogens is 276 g/mol. The predicted octanol–water partition coefficient (Wildman–Crippen LogP) is 1.35. The number of piperidine rings is 1. The van der Waals surface area contributed by atoms with Gasteiger partial charge in [-0.25, -0.2) is 8.42 Å². The molecule has 1 aliphatic heterocycles. The highest BCUT2D eigenvalue weighted by Crippen LogP contribution is 2.38. The minimum absolute atomic E-state index is 0.102. The fourth-order valence-corrected chi connectivity index (χ4v) is 5.53. The zero-order valence-electron chi connectivity index (χ0n) is 11.8. The lowest BCUT2D eigenvalue weighted by atomic mass is 9.79. The van der Waals surface area contributed by atoms with Crippen molar-refractivity contribution < 1.29 is 8.42 Å². The average Bonchev–Trinajstić information content (AvgIpc) is 2.78. The highest BCUT2D eigenvalue weighted by molar-refractivity contribution is 7.89. The third kappa shape index (κ3) is 2.22. The Labute approximate surface area is 120 Å². The first kappa shape index (κ1) is 13.9. The van der Waals surface area contributed by atoms with Crippen molar-refractivity contribution in [2.75, 3.05) is 12.3 Å². The van der Waals surface area contributed by atoms with Crippen molar-refractivity contribution in [1.82, 2.24) is 14.1 Å². The summed E-state index contributed by atoms with van der Waals surface area (Å²) >= 11 is 0. The van der Waals surface area contributed by atoms with E-state index in [1.165, 1.54) is 17.3 Å². The van der Waals surface area contributed by atoms with Gasteiger partial charge in [-0.2, -0.15) is 9.40 Å². The molecule has 2 fully saturated rings. The minimum Gasteiger partial charge on any atom is -0.381 e. The largest absolute Gasteiger partial charge is 0.381 e. The number of rotatable bonds is 2. The van der Waals surface area contributed by atoms with Crippen molar-refractivity contribution in [3.63, 3.8) is 0 Å². The zero-order chi connectivity index (χ0) is 14.3. The first-order valence-corrected chi connectivity index (χ1v) is 8.75. The van der Waals surface area contributed by atoms with Gasteiger partial charge in [0.2, 0.25) is 10.0 Å². The molecule has 1 aliphatic carbocycles. The Morgan fingerprint density at radius 3 is 2.65 bits per heavy atom. The number of sulfonamides is 1. The second-order valence-electron chi connectivity index (χ2n) is 5.92. The van der Waals surface area contributed by atoms with Crippen LogP contribution in [0, 0.1) is 5.92 Å². The maximum atomic E-state index is 12.9. The first-order valence-electron chi connectivity index (χ1n) is 7.31. The summed E-state index contributed by atoms with van der Waals surface area (Å²) in [7, 11) is -1.83. The maximum absolute atomic E-state index is 12.9. The van der Waals surface area contributed by atoms with E-state index in [1.54, 1.807) is 11.4 Å². The molecule has 2 N–H and O–H groups in total. The van der Waals surface area contributed by atoms with Crippen molar-refractivity contribution in [2.45, 2.75) is 49.5 Å². The van der Waals surface area contributed by atoms with E-state index < -0.39 is 10.0 Å². The van der Waals surface area contributed by atoms with Gasteiger partial charge >= 0.3 is 0 Å². The molecule has 1 saturated heterocycles. The van der Waals surface area contributed by atoms with Crippen LogP contribution in [0.15, 0.2) is 11.1 Å². The van der Waals surface area contributed by atoms with Crippen LogP contribution in [0.4, 0.5) is 5.82 Å². The molecule has 0 aromatic carbocycles. The lowest BCUT2D eigenvalue weighted by molar-refractivity contribution is 0.129. The normalized spacial score (nSPS) is 28.2. The maximum Gasteiger partial charge on any atom is 0.248 e. The number of aryl methyl sites for hydroxylation is 1. The van der Waals surface area contributed by atoms with Crippen molar-refractivity contribution in [3.8, 4) is 0 Å². The molecule has 3 rings (SSSR count). The van der Waals surface area contributed by atoms with E-state index in [0.717, 1.165) is 32.1 Å². The number of nitrogens with two attached hydrogens (primary N) is 1. The number of anilines is 1. The van der Waals surface area contributed by atoms with Crippen LogP contribution < -0.4 is 5.73 Å². The van der Waals surface area contributed by atoms with Gasteiger partial charge in [0.25, 0.3) is 0 Å². The quantitative estimate of drug-likeness (QED) is 0.893. The molecule has 1 aromatic heterocycles. The summed E-state index contributed by atoms with van der Waals surface area (Å²) in [6, 6.07) is 0.155. The number of nitrogens with zero attached hydrogens (tertiary/aromatic N) is 3. The van der Waals surface area contributed by atoms with Gasteiger partial charge in [-0.15, -0.1) is 0 Å². The van der Waals surface area contributed by atoms with E-state index in [9.17, 15) is 8.42 Å². The molecule has 0 unspecified atom stereocenters. The monoisotopic (exact) mass is 298 g/mol. The number of aromatic nitrogens is 2. The van der Waals surface area contributed by atoms with E-state index in [0.29, 0.717) is 12.5 Å². The third-order valence-electron chi connectivity index (χ3n) is 4.60. The summed E-state index contributed by atoms with van der Waals surface area (Å²) in [5.74, 6) is 0.621. The van der Waals surface area contributed by atoms with Crippen molar-refractivity contribution in [1.29, 1.82) is 0 Å². The number of fused-ring (bicyclic) bond motifs is 1. The number of hydrogen-bond acceptors (Lipinski definition) is 4. The van der Waals surface area contributed by atoms with E-state index >= 15 is 0 Å². The van der Waals surface area contributed by atoms with Crippen LogP contribution in [0.3, 0.4) is 0 Å². The molecule has 0 bridgehead atoms. The smallest absolute Gasteiger partial charge is 0.248 e. The fraction of sp³-hybridized carbons (Fsp3) is 0.769. The fourth-order valence-electron chi connectivity index (χ4n) is 3.69. The molecule has 0 radical (unpaired) electrons. The highest BCUT2D eigenvalue weighted by Gasteiger charge is 2.41. The summed E-state index contributed by atoms with van der Waals surface area (Å²) < 4.78 is 28.9. The summed E-state index contributed by atoms with van der Waals surface area (Å²) in [4.78, 5) is 0.159. The van der Waals surface area contributed by atoms with Gasteiger partial charge in [-0.1, -0.05) is 12.8 Å². The molecule has 7 heteroatoms. The van der Waals surface area contributed by atoms with Crippen molar-refractivity contribution in [2.24, 2.45) is 13.0 Å². The SMILES string of the molecule is Cn1cc(S(=O)(=O)N2CCC[C@H]3CCCC[C@H]32)c(N)n1. The van der Waals surface area contributed by atoms with E-state index in [-0.39, 0.29) is 16.8 Å². The topological polar surface area (TPSA) is 81.2 Å². The molecule has 2 aliphatic rings. The first-order chi connectivity index (χ1) is 9.50. The molecule has 0 amide bonds. The highest BCUT2D eigenvalue weighted by atomic mass is 32.2. The van der Waals surface area contributed by atoms with Crippen LogP contribution in [-0.4, -0.2) is 35.1 Å². The van der Waals surface area contributed by atoms with E-state index in [2.05, 4.69) is 5.10 Å². The zero-order valence-corrected chi connectivity index (χ0v) is 12.6. The second kappa shape index (κ2) is 5.04. The summed E-state index contributed by atoms with van der Waals surface area (Å²) in [5.41, 5.74) is 5.76. The molecule has 20 heavy (non-hydrogen) atoms. The van der Waals surface area contributed by atoms with Crippen LogP contribution in [0.25, 0.3) is 0 Å². The van der Waals surface area contributed by atoms with Gasteiger partial charge < -0.3 is 5.73 Å². The Bertz CT molecular complexity index is 594.